The lowest BCUT2D eigenvalue weighted by Gasteiger charge is -2.33. The van der Waals surface area contributed by atoms with E-state index in [0.29, 0.717) is 56.9 Å². The van der Waals surface area contributed by atoms with Crippen LogP contribution in [-0.4, -0.2) is 84.3 Å². The second-order valence-corrected chi connectivity index (χ2v) is 16.6. The molecule has 0 saturated heterocycles. The van der Waals surface area contributed by atoms with Crippen LogP contribution in [0.5, 0.6) is 17.4 Å². The summed E-state index contributed by atoms with van der Waals surface area (Å²) in [5.74, 6) is -0.989. The quantitative estimate of drug-likeness (QED) is 0.0424. The topological polar surface area (TPSA) is 195 Å². The average molecular weight is 891 g/mol. The number of aromatic nitrogens is 5. The van der Waals surface area contributed by atoms with Crippen molar-refractivity contribution in [2.24, 2.45) is 0 Å². The number of nitrogens with zero attached hydrogens (tertiary/aromatic N) is 6. The van der Waals surface area contributed by atoms with Crippen LogP contribution in [0.25, 0.3) is 0 Å². The Labute approximate surface area is 363 Å². The Morgan fingerprint density at radius 3 is 2.16 bits per heavy atom. The number of ether oxygens (including phenoxy) is 4. The number of hydrogen-bond acceptors (Lipinski definition) is 14. The van der Waals surface area contributed by atoms with Crippen LogP contribution in [0.2, 0.25) is 0 Å². The first-order valence-electron chi connectivity index (χ1n) is 20.2. The molecule has 1 N–H and O–H groups in total. The summed E-state index contributed by atoms with van der Waals surface area (Å²) in [4.78, 5) is 17.9. The van der Waals surface area contributed by atoms with Crippen molar-refractivity contribution >= 4 is 15.8 Å². The Balaban J connectivity index is 0.820. The Morgan fingerprint density at radius 2 is 1.51 bits per heavy atom. The minimum Gasteiger partial charge on any atom is -0.493 e. The molecule has 63 heavy (non-hydrogen) atoms. The molecule has 2 heterocycles. The molecule has 0 amide bonds. The van der Waals surface area contributed by atoms with Gasteiger partial charge in [-0.05, 0) is 91.2 Å². The first-order chi connectivity index (χ1) is 30.4. The number of rotatable bonds is 25. The van der Waals surface area contributed by atoms with E-state index in [9.17, 15) is 32.3 Å². The Hall–Kier alpha value is -6.44. The number of halogens is 2. The first kappa shape index (κ1) is 46.1. The molecule has 0 saturated carbocycles. The maximum atomic E-state index is 14.8. The molecule has 1 unspecified atom stereocenters. The van der Waals surface area contributed by atoms with Crippen molar-refractivity contribution in [1.29, 1.82) is 0 Å². The fraction of sp³-hybridized carbons (Fsp3) is 0.341. The van der Waals surface area contributed by atoms with Crippen LogP contribution in [-0.2, 0) is 44.5 Å². The Morgan fingerprint density at radius 1 is 0.857 bits per heavy atom. The molecule has 334 valence electrons. The van der Waals surface area contributed by atoms with E-state index >= 15 is 0 Å². The number of likely N-dealkylation sites (N-methyl/N-ethyl adjacent to an activating group) is 1. The minimum absolute atomic E-state index is 0.0299. The zero-order valence-corrected chi connectivity index (χ0v) is 35.4. The Bertz CT molecular complexity index is 2460. The predicted molar refractivity (Wildman–Crippen MR) is 221 cm³/mol. The van der Waals surface area contributed by atoms with E-state index in [1.165, 1.54) is 47.7 Å². The molecule has 19 heteroatoms. The van der Waals surface area contributed by atoms with Crippen LogP contribution in [0.15, 0.2) is 124 Å². The van der Waals surface area contributed by atoms with E-state index in [-0.39, 0.29) is 54.1 Å². The van der Waals surface area contributed by atoms with Crippen molar-refractivity contribution in [2.45, 2.75) is 67.1 Å². The first-order valence-corrected chi connectivity index (χ1v) is 21.7. The van der Waals surface area contributed by atoms with E-state index in [1.807, 2.05) is 41.3 Å². The number of carbonyl (C=O) groups excluding carboxylic acids is 1. The van der Waals surface area contributed by atoms with Crippen LogP contribution in [0, 0.1) is 16.8 Å². The van der Waals surface area contributed by atoms with E-state index in [1.54, 1.807) is 25.2 Å². The van der Waals surface area contributed by atoms with Gasteiger partial charge in [-0.25, -0.2) is 26.9 Å². The van der Waals surface area contributed by atoms with Crippen molar-refractivity contribution in [2.75, 3.05) is 40.0 Å². The molecular formula is C44H48F2N6O10S. The van der Waals surface area contributed by atoms with Crippen LogP contribution in [0.4, 0.5) is 8.78 Å². The van der Waals surface area contributed by atoms with Gasteiger partial charge < -0.3 is 29.3 Å². The van der Waals surface area contributed by atoms with E-state index < -0.39 is 38.0 Å². The fourth-order valence-electron chi connectivity index (χ4n) is 6.69. The molecule has 0 fully saturated rings. The van der Waals surface area contributed by atoms with Crippen LogP contribution < -0.4 is 19.1 Å². The second-order valence-electron chi connectivity index (χ2n) is 14.8. The number of benzene rings is 4. The molecule has 6 aromatic rings. The van der Waals surface area contributed by atoms with E-state index in [0.717, 1.165) is 29.7 Å². The minimum atomic E-state index is -4.18. The number of carbonyl (C=O) groups is 1. The highest BCUT2D eigenvalue weighted by atomic mass is 32.2. The molecule has 6 rings (SSSR count). The second kappa shape index (κ2) is 22.1. The lowest BCUT2D eigenvalue weighted by Crippen LogP contribution is -2.43. The van der Waals surface area contributed by atoms with Crippen molar-refractivity contribution in [3.05, 3.63) is 143 Å². The smallest absolute Gasteiger partial charge is 0.414 e. The highest BCUT2D eigenvalue weighted by Crippen LogP contribution is 2.29. The highest BCUT2D eigenvalue weighted by Gasteiger charge is 2.36. The van der Waals surface area contributed by atoms with Gasteiger partial charge in [-0.3, -0.25) is 14.3 Å². The van der Waals surface area contributed by atoms with Gasteiger partial charge in [0.15, 0.2) is 0 Å². The van der Waals surface area contributed by atoms with Gasteiger partial charge in [0, 0.05) is 31.1 Å². The maximum Gasteiger partial charge on any atom is 0.414 e. The van der Waals surface area contributed by atoms with Gasteiger partial charge in [-0.15, -0.1) is 0 Å². The molecule has 0 aliphatic carbocycles. The molecule has 0 aliphatic rings. The van der Waals surface area contributed by atoms with Gasteiger partial charge in [-0.2, -0.15) is 5.10 Å². The molecular weight excluding hydrogens is 843 g/mol. The van der Waals surface area contributed by atoms with Gasteiger partial charge in [0.25, 0.3) is 9.84 Å². The maximum absolute atomic E-state index is 14.8. The zero-order valence-electron chi connectivity index (χ0n) is 34.6. The molecule has 0 radical (unpaired) electrons. The molecule has 0 bridgehead atoms. The fourth-order valence-corrected chi connectivity index (χ4v) is 7.98. The summed E-state index contributed by atoms with van der Waals surface area (Å²) in [5, 5.41) is 30.4. The molecule has 16 nitrogen and oxygen atoms in total. The lowest BCUT2D eigenvalue weighted by molar-refractivity contribution is -0.832. The summed E-state index contributed by atoms with van der Waals surface area (Å²) in [6, 6.07) is 25.3. The van der Waals surface area contributed by atoms with Crippen molar-refractivity contribution in [1.82, 2.24) is 24.8 Å². The van der Waals surface area contributed by atoms with Gasteiger partial charge >= 0.3 is 16.9 Å². The van der Waals surface area contributed by atoms with Crippen LogP contribution >= 0.6 is 0 Å². The van der Waals surface area contributed by atoms with Gasteiger partial charge in [0.05, 0.1) is 49.4 Å². The average Bonchev–Trinajstić information content (AvgIpc) is 3.92. The lowest BCUT2D eigenvalue weighted by atomic mass is 9.92. The molecule has 4 aromatic carbocycles. The SMILES string of the molecule is CN(Cc1ccc(OCCCOc2ccc(CC(=O)OCCCCCCOc3no[n+]([O-])c3S(=O)(=O)c3ccccc3)cc2)cc1)CC(O)(Cn1cncn1)c1ccc(F)cc1F. The molecule has 2 aromatic heterocycles. The van der Waals surface area contributed by atoms with Crippen molar-refractivity contribution < 1.29 is 55.6 Å². The van der Waals surface area contributed by atoms with Crippen molar-refractivity contribution in [3.8, 4) is 17.4 Å². The third-order valence-corrected chi connectivity index (χ3v) is 11.4. The zero-order chi connectivity index (χ0) is 44.7. The van der Waals surface area contributed by atoms with Gasteiger partial charge in [0.2, 0.25) is 0 Å². The summed E-state index contributed by atoms with van der Waals surface area (Å²) < 4.78 is 82.6. The van der Waals surface area contributed by atoms with Gasteiger partial charge in [0.1, 0.15) is 41.4 Å². The van der Waals surface area contributed by atoms with E-state index in [2.05, 4.69) is 19.9 Å². The summed E-state index contributed by atoms with van der Waals surface area (Å²) >= 11 is 0. The highest BCUT2D eigenvalue weighted by molar-refractivity contribution is 7.91. The van der Waals surface area contributed by atoms with Crippen LogP contribution in [0.3, 0.4) is 0 Å². The number of hydrogen-bond donors (Lipinski definition) is 1. The normalized spacial score (nSPS) is 12.5. The van der Waals surface area contributed by atoms with Gasteiger partial charge in [-0.1, -0.05) is 48.5 Å². The van der Waals surface area contributed by atoms with Crippen LogP contribution in [0.1, 0.15) is 48.8 Å². The van der Waals surface area contributed by atoms with Crippen molar-refractivity contribution in [3.63, 3.8) is 0 Å². The number of sulfone groups is 1. The summed E-state index contributed by atoms with van der Waals surface area (Å²) in [5.41, 5.74) is -0.0337. The monoisotopic (exact) mass is 890 g/mol. The largest absolute Gasteiger partial charge is 0.493 e. The summed E-state index contributed by atoms with van der Waals surface area (Å²) in [6.07, 6.45) is 6.11. The molecule has 0 aliphatic heterocycles. The molecule has 0 spiro atoms. The summed E-state index contributed by atoms with van der Waals surface area (Å²) in [6.45, 7) is 1.59. The molecule has 1 atom stereocenters. The Kier molecular flexibility index (Phi) is 16.1. The third-order valence-electron chi connectivity index (χ3n) is 9.72. The number of unbranched alkanes of at least 4 members (excludes halogenated alkanes) is 3. The number of aliphatic hydroxyl groups is 1. The van der Waals surface area contributed by atoms with E-state index in [4.69, 9.17) is 18.9 Å². The predicted octanol–water partition coefficient (Wildman–Crippen LogP) is 5.60. The number of esters is 1. The third kappa shape index (κ3) is 13.3. The summed E-state index contributed by atoms with van der Waals surface area (Å²) in [7, 11) is -2.39. The standard InChI is InChI=1S/C44H48F2N6O10S/c1-50(29-44(54,30-51-32-47-31-48-51)39-21-16-35(45)27-40(39)46)28-34-14-19-37(20-15-34)59-25-9-24-58-36-17-12-33(13-18-36)26-41(53)60-22-7-2-3-8-23-61-42-43(52(55)62-49-42)63(56,57)38-10-5-4-6-11-38/h4-6,10-21,27,31-32,54H,2-3,7-9,22-26,28-30H2,1H3.